The Kier molecular flexibility index (Phi) is 6.09. The normalized spacial score (nSPS) is 10.3. The van der Waals surface area contributed by atoms with E-state index in [1.165, 1.54) is 0 Å². The summed E-state index contributed by atoms with van der Waals surface area (Å²) in [6, 6.07) is 4.92. The van der Waals surface area contributed by atoms with Crippen molar-refractivity contribution in [2.75, 3.05) is 10.6 Å². The Morgan fingerprint density at radius 2 is 1.48 bits per heavy atom. The van der Waals surface area contributed by atoms with E-state index in [0.29, 0.717) is 29.8 Å². The molecule has 1 rings (SSSR count). The molecule has 0 heterocycles. The summed E-state index contributed by atoms with van der Waals surface area (Å²) >= 11 is 0. The number of carbonyl (C=O) groups excluding carboxylic acids is 3. The van der Waals surface area contributed by atoms with Crippen LogP contribution in [0.25, 0.3) is 0 Å². The molecule has 2 amide bonds. The number of benzene rings is 1. The first-order valence-corrected chi connectivity index (χ1v) is 7.17. The number of amides is 2. The lowest BCUT2D eigenvalue weighted by molar-refractivity contribution is -0.116. The summed E-state index contributed by atoms with van der Waals surface area (Å²) in [6.07, 6.45) is 0.664. The minimum Gasteiger partial charge on any atom is -0.324 e. The minimum atomic E-state index is -0.170. The fourth-order valence-corrected chi connectivity index (χ4v) is 1.72. The molecule has 2 N–H and O–H groups in total. The smallest absolute Gasteiger partial charge is 0.224 e. The zero-order valence-corrected chi connectivity index (χ0v) is 12.9. The maximum absolute atomic E-state index is 12.0. The van der Waals surface area contributed by atoms with E-state index in [2.05, 4.69) is 10.6 Å². The lowest BCUT2D eigenvalue weighted by Gasteiger charge is -2.14. The Morgan fingerprint density at radius 1 is 0.952 bits per heavy atom. The van der Waals surface area contributed by atoms with Crippen molar-refractivity contribution in [1.29, 1.82) is 0 Å². The molecular weight excluding hydrogens is 268 g/mol. The van der Waals surface area contributed by atoms with E-state index in [0.717, 1.165) is 0 Å². The Balaban J connectivity index is 3.15. The van der Waals surface area contributed by atoms with Gasteiger partial charge in [-0.15, -0.1) is 0 Å². The summed E-state index contributed by atoms with van der Waals surface area (Å²) < 4.78 is 0. The van der Waals surface area contributed by atoms with Crippen molar-refractivity contribution in [2.24, 2.45) is 5.92 Å². The molecule has 5 heteroatoms. The number of anilines is 2. The molecule has 0 atom stereocenters. The third-order valence-electron chi connectivity index (χ3n) is 3.02. The minimum absolute atomic E-state index is 0.00429. The highest BCUT2D eigenvalue weighted by molar-refractivity contribution is 6.03. The standard InChI is InChI=1S/C16H22N2O3/c1-5-14(19)17-12-8-7-11(16(21)10(3)4)9-13(12)18-15(20)6-2/h7-10H,5-6H2,1-4H3,(H,17,19)(H,18,20). The molecule has 21 heavy (non-hydrogen) atoms. The first-order valence-electron chi connectivity index (χ1n) is 7.17. The van der Waals surface area contributed by atoms with Crippen LogP contribution >= 0.6 is 0 Å². The highest BCUT2D eigenvalue weighted by Gasteiger charge is 2.14. The second-order valence-electron chi connectivity index (χ2n) is 5.08. The van der Waals surface area contributed by atoms with Crippen LogP contribution in [0.3, 0.4) is 0 Å². The Hall–Kier alpha value is -2.17. The van der Waals surface area contributed by atoms with Crippen molar-refractivity contribution in [3.05, 3.63) is 23.8 Å². The molecule has 0 saturated carbocycles. The van der Waals surface area contributed by atoms with Gasteiger partial charge >= 0.3 is 0 Å². The number of rotatable bonds is 6. The fourth-order valence-electron chi connectivity index (χ4n) is 1.72. The average Bonchev–Trinajstić information content (AvgIpc) is 2.47. The van der Waals surface area contributed by atoms with Crippen LogP contribution in [0.15, 0.2) is 18.2 Å². The van der Waals surface area contributed by atoms with E-state index in [1.807, 2.05) is 13.8 Å². The van der Waals surface area contributed by atoms with E-state index in [1.54, 1.807) is 32.0 Å². The molecule has 0 saturated heterocycles. The number of nitrogens with one attached hydrogen (secondary N) is 2. The number of carbonyl (C=O) groups is 3. The van der Waals surface area contributed by atoms with Gasteiger partial charge in [0.1, 0.15) is 0 Å². The zero-order valence-electron chi connectivity index (χ0n) is 12.9. The first kappa shape index (κ1) is 16.9. The SMILES string of the molecule is CCC(=O)Nc1ccc(C(=O)C(C)C)cc1NC(=O)CC. The van der Waals surface area contributed by atoms with Crippen LogP contribution in [0.5, 0.6) is 0 Å². The van der Waals surface area contributed by atoms with Crippen LogP contribution in [-0.2, 0) is 9.59 Å². The van der Waals surface area contributed by atoms with Gasteiger partial charge in [-0.25, -0.2) is 0 Å². The molecule has 0 unspecified atom stereocenters. The lowest BCUT2D eigenvalue weighted by Crippen LogP contribution is -2.16. The van der Waals surface area contributed by atoms with Crippen molar-refractivity contribution < 1.29 is 14.4 Å². The summed E-state index contributed by atoms with van der Waals surface area (Å²) in [6.45, 7) is 7.12. The van der Waals surface area contributed by atoms with Crippen molar-refractivity contribution >= 4 is 29.0 Å². The van der Waals surface area contributed by atoms with E-state index >= 15 is 0 Å². The van der Waals surface area contributed by atoms with Gasteiger partial charge in [-0.3, -0.25) is 14.4 Å². The molecular formula is C16H22N2O3. The third kappa shape index (κ3) is 4.70. The highest BCUT2D eigenvalue weighted by atomic mass is 16.2. The second-order valence-corrected chi connectivity index (χ2v) is 5.08. The monoisotopic (exact) mass is 290 g/mol. The summed E-state index contributed by atoms with van der Waals surface area (Å²) in [5, 5.41) is 5.44. The van der Waals surface area contributed by atoms with E-state index < -0.39 is 0 Å². The van der Waals surface area contributed by atoms with Crippen LogP contribution < -0.4 is 10.6 Å². The molecule has 0 aromatic heterocycles. The maximum atomic E-state index is 12.0. The largest absolute Gasteiger partial charge is 0.324 e. The summed E-state index contributed by atoms with van der Waals surface area (Å²) in [4.78, 5) is 35.2. The Morgan fingerprint density at radius 3 is 1.95 bits per heavy atom. The predicted molar refractivity (Wildman–Crippen MR) is 83.5 cm³/mol. The van der Waals surface area contributed by atoms with Crippen molar-refractivity contribution in [1.82, 2.24) is 0 Å². The van der Waals surface area contributed by atoms with Crippen molar-refractivity contribution in [2.45, 2.75) is 40.5 Å². The third-order valence-corrected chi connectivity index (χ3v) is 3.02. The average molecular weight is 290 g/mol. The van der Waals surface area contributed by atoms with Crippen LogP contribution in [0.4, 0.5) is 11.4 Å². The van der Waals surface area contributed by atoms with E-state index in [4.69, 9.17) is 0 Å². The molecule has 0 aliphatic heterocycles. The number of ketones is 1. The summed E-state index contributed by atoms with van der Waals surface area (Å²) in [5.74, 6) is -0.452. The number of Topliss-reactive ketones (excluding diaryl/α,β-unsaturated/α-hetero) is 1. The van der Waals surface area contributed by atoms with Gasteiger partial charge in [-0.2, -0.15) is 0 Å². The fraction of sp³-hybridized carbons (Fsp3) is 0.438. The van der Waals surface area contributed by atoms with Gasteiger partial charge in [0.2, 0.25) is 11.8 Å². The molecule has 0 spiro atoms. The Bertz CT molecular complexity index is 550. The number of hydrogen-bond donors (Lipinski definition) is 2. The van der Waals surface area contributed by atoms with Gasteiger partial charge in [0, 0.05) is 24.3 Å². The molecule has 0 bridgehead atoms. The topological polar surface area (TPSA) is 75.3 Å². The summed E-state index contributed by atoms with van der Waals surface area (Å²) in [7, 11) is 0. The van der Waals surface area contributed by atoms with Gasteiger partial charge in [0.05, 0.1) is 11.4 Å². The van der Waals surface area contributed by atoms with Crippen molar-refractivity contribution in [3.8, 4) is 0 Å². The molecule has 114 valence electrons. The second kappa shape index (κ2) is 7.57. The van der Waals surface area contributed by atoms with Gasteiger partial charge < -0.3 is 10.6 Å². The number of hydrogen-bond acceptors (Lipinski definition) is 3. The maximum Gasteiger partial charge on any atom is 0.224 e. The zero-order chi connectivity index (χ0) is 16.0. The van der Waals surface area contributed by atoms with Crippen LogP contribution in [0, 0.1) is 5.92 Å². The van der Waals surface area contributed by atoms with Gasteiger partial charge in [-0.1, -0.05) is 27.7 Å². The van der Waals surface area contributed by atoms with Crippen LogP contribution in [0.2, 0.25) is 0 Å². The molecule has 0 aliphatic carbocycles. The molecule has 5 nitrogen and oxygen atoms in total. The van der Waals surface area contributed by atoms with Gasteiger partial charge in [-0.05, 0) is 18.2 Å². The predicted octanol–water partition coefficient (Wildman–Crippen LogP) is 3.22. The van der Waals surface area contributed by atoms with Crippen LogP contribution in [-0.4, -0.2) is 17.6 Å². The van der Waals surface area contributed by atoms with Crippen molar-refractivity contribution in [3.63, 3.8) is 0 Å². The van der Waals surface area contributed by atoms with Gasteiger partial charge in [0.25, 0.3) is 0 Å². The molecule has 0 radical (unpaired) electrons. The van der Waals surface area contributed by atoms with E-state index in [9.17, 15) is 14.4 Å². The molecule has 1 aromatic carbocycles. The van der Waals surface area contributed by atoms with Gasteiger partial charge in [0.15, 0.2) is 5.78 Å². The molecule has 1 aromatic rings. The lowest BCUT2D eigenvalue weighted by atomic mass is 10.00. The summed E-state index contributed by atoms with van der Waals surface area (Å²) in [5.41, 5.74) is 1.48. The molecule has 0 fully saturated rings. The first-order chi connectivity index (χ1) is 9.88. The Labute approximate surface area is 125 Å². The quantitative estimate of drug-likeness (QED) is 0.790. The molecule has 0 aliphatic rings. The van der Waals surface area contributed by atoms with E-state index in [-0.39, 0.29) is 23.5 Å². The van der Waals surface area contributed by atoms with Crippen LogP contribution in [0.1, 0.15) is 50.9 Å². The highest BCUT2D eigenvalue weighted by Crippen LogP contribution is 2.25.